The van der Waals surface area contributed by atoms with E-state index in [4.69, 9.17) is 5.11 Å². The van der Waals surface area contributed by atoms with Gasteiger partial charge in [0, 0.05) is 12.1 Å². The molecular formula is C11H12N2O4. The topological polar surface area (TPSA) is 87.7 Å². The second-order valence-corrected chi connectivity index (χ2v) is 3.71. The van der Waals surface area contributed by atoms with Gasteiger partial charge in [0.2, 0.25) is 0 Å². The fourth-order valence-electron chi connectivity index (χ4n) is 1.70. The summed E-state index contributed by atoms with van der Waals surface area (Å²) in [6.07, 6.45) is 0.568. The fraction of sp³-hybridized carbons (Fsp3) is 0.273. The fourth-order valence-corrected chi connectivity index (χ4v) is 1.70. The van der Waals surface area contributed by atoms with Gasteiger partial charge in [-0.15, -0.1) is 0 Å². The number of hydrogen-bond donors (Lipinski definition) is 3. The Kier molecular flexibility index (Phi) is 3.24. The average Bonchev–Trinajstić information content (AvgIpc) is 2.71. The summed E-state index contributed by atoms with van der Waals surface area (Å²) >= 11 is 0. The summed E-state index contributed by atoms with van der Waals surface area (Å²) in [5, 5.41) is 11.4. The Hall–Kier alpha value is -2.08. The number of hydroxylamine groups is 1. The highest BCUT2D eigenvalue weighted by Crippen LogP contribution is 2.24. The van der Waals surface area contributed by atoms with Crippen molar-refractivity contribution in [3.63, 3.8) is 0 Å². The highest BCUT2D eigenvalue weighted by atomic mass is 16.7. The van der Waals surface area contributed by atoms with Gasteiger partial charge in [0.05, 0.1) is 0 Å². The molecule has 3 N–H and O–H groups in total. The van der Waals surface area contributed by atoms with Crippen molar-refractivity contribution in [3.8, 4) is 0 Å². The van der Waals surface area contributed by atoms with Crippen LogP contribution in [0.4, 0.5) is 5.69 Å². The van der Waals surface area contributed by atoms with E-state index in [1.54, 1.807) is 0 Å². The van der Waals surface area contributed by atoms with Crippen molar-refractivity contribution in [2.24, 2.45) is 0 Å². The molecule has 17 heavy (non-hydrogen) atoms. The molecular weight excluding hydrogens is 224 g/mol. The van der Waals surface area contributed by atoms with Crippen LogP contribution >= 0.6 is 0 Å². The molecule has 1 aliphatic heterocycles. The zero-order chi connectivity index (χ0) is 12.3. The van der Waals surface area contributed by atoms with Crippen molar-refractivity contribution >= 4 is 17.6 Å². The van der Waals surface area contributed by atoms with E-state index < -0.39 is 18.6 Å². The number of benzene rings is 1. The minimum Gasteiger partial charge on any atom is -0.479 e. The minimum atomic E-state index is -1.13. The van der Waals surface area contributed by atoms with Crippen molar-refractivity contribution in [3.05, 3.63) is 29.8 Å². The van der Waals surface area contributed by atoms with Crippen molar-refractivity contribution < 1.29 is 19.5 Å². The summed E-state index contributed by atoms with van der Waals surface area (Å²) in [6.45, 7) is -0.550. The van der Waals surface area contributed by atoms with Gasteiger partial charge in [-0.05, 0) is 11.6 Å². The average molecular weight is 236 g/mol. The van der Waals surface area contributed by atoms with Crippen molar-refractivity contribution in [1.82, 2.24) is 5.48 Å². The second kappa shape index (κ2) is 4.84. The van der Waals surface area contributed by atoms with Crippen LogP contribution in [0.3, 0.4) is 0 Å². The first kappa shape index (κ1) is 11.4. The van der Waals surface area contributed by atoms with E-state index >= 15 is 0 Å². The summed E-state index contributed by atoms with van der Waals surface area (Å²) in [4.78, 5) is 26.3. The van der Waals surface area contributed by atoms with Crippen LogP contribution in [-0.2, 0) is 20.8 Å². The first-order valence-corrected chi connectivity index (χ1v) is 5.14. The third kappa shape index (κ3) is 2.73. The summed E-state index contributed by atoms with van der Waals surface area (Å²) in [5.74, 6) is -1.50. The lowest BCUT2D eigenvalue weighted by atomic mass is 10.1. The molecule has 0 saturated carbocycles. The smallest absolute Gasteiger partial charge is 0.332 e. The van der Waals surface area contributed by atoms with Gasteiger partial charge in [-0.3, -0.25) is 9.63 Å². The van der Waals surface area contributed by atoms with Crippen molar-refractivity contribution in [1.29, 1.82) is 0 Å². The highest BCUT2D eigenvalue weighted by molar-refractivity contribution is 5.86. The van der Waals surface area contributed by atoms with Crippen LogP contribution in [0.5, 0.6) is 0 Å². The molecule has 1 amide bonds. The second-order valence-electron chi connectivity index (χ2n) is 3.71. The number of carboxylic acids is 1. The Balaban J connectivity index is 1.86. The van der Waals surface area contributed by atoms with Gasteiger partial charge in [-0.2, -0.15) is 0 Å². The molecule has 6 heteroatoms. The van der Waals surface area contributed by atoms with Crippen LogP contribution < -0.4 is 10.8 Å². The predicted octanol–water partition coefficient (Wildman–Crippen LogP) is 0.156. The molecule has 1 atom stereocenters. The Morgan fingerprint density at radius 1 is 1.47 bits per heavy atom. The molecule has 90 valence electrons. The molecule has 0 radical (unpaired) electrons. The lowest BCUT2D eigenvalue weighted by Crippen LogP contribution is -2.39. The van der Waals surface area contributed by atoms with Crippen molar-refractivity contribution in [2.75, 3.05) is 11.9 Å². The quantitative estimate of drug-likeness (QED) is 0.648. The lowest BCUT2D eigenvalue weighted by Gasteiger charge is -2.10. The Morgan fingerprint density at radius 2 is 2.24 bits per heavy atom. The van der Waals surface area contributed by atoms with Crippen LogP contribution in [0, 0.1) is 0 Å². The number of aliphatic carboxylic acids is 1. The summed E-state index contributed by atoms with van der Waals surface area (Å²) in [5.41, 5.74) is 4.09. The van der Waals surface area contributed by atoms with E-state index in [0.717, 1.165) is 11.3 Å². The van der Waals surface area contributed by atoms with Gasteiger partial charge in [0.25, 0.3) is 5.91 Å². The van der Waals surface area contributed by atoms with Gasteiger partial charge in [-0.1, -0.05) is 18.2 Å². The predicted molar refractivity (Wildman–Crippen MR) is 59.3 cm³/mol. The molecule has 0 fully saturated rings. The SMILES string of the molecule is O=C(O)CONC(=O)C1Cc2ccccc2N1. The summed E-state index contributed by atoms with van der Waals surface area (Å²) in [6, 6.07) is 7.20. The number of fused-ring (bicyclic) bond motifs is 1. The Bertz CT molecular complexity index is 422. The van der Waals surface area contributed by atoms with E-state index in [-0.39, 0.29) is 5.91 Å². The van der Waals surface area contributed by atoms with E-state index in [1.807, 2.05) is 24.3 Å². The van der Waals surface area contributed by atoms with Crippen LogP contribution in [0.15, 0.2) is 24.3 Å². The highest BCUT2D eigenvalue weighted by Gasteiger charge is 2.26. The summed E-state index contributed by atoms with van der Waals surface area (Å²) in [7, 11) is 0. The number of hydrogen-bond acceptors (Lipinski definition) is 4. The number of rotatable bonds is 4. The number of amides is 1. The third-order valence-corrected chi connectivity index (χ3v) is 2.46. The molecule has 0 saturated heterocycles. The Morgan fingerprint density at radius 3 is 2.94 bits per heavy atom. The van der Waals surface area contributed by atoms with Gasteiger partial charge < -0.3 is 10.4 Å². The molecule has 2 rings (SSSR count). The zero-order valence-electron chi connectivity index (χ0n) is 8.97. The van der Waals surface area contributed by atoms with Crippen molar-refractivity contribution in [2.45, 2.75) is 12.5 Å². The molecule has 1 aromatic carbocycles. The maximum Gasteiger partial charge on any atom is 0.332 e. The largest absolute Gasteiger partial charge is 0.479 e. The minimum absolute atomic E-state index is 0.373. The maximum atomic E-state index is 11.6. The third-order valence-electron chi connectivity index (χ3n) is 2.46. The van der Waals surface area contributed by atoms with Crippen LogP contribution in [0.2, 0.25) is 0 Å². The number of carbonyl (C=O) groups is 2. The van der Waals surface area contributed by atoms with E-state index in [1.165, 1.54) is 0 Å². The standard InChI is InChI=1S/C11H12N2O4/c14-10(15)6-17-13-11(16)9-5-7-3-1-2-4-8(7)12-9/h1-4,9,12H,5-6H2,(H,13,16)(H,14,15). The van der Waals surface area contributed by atoms with Crippen LogP contribution in [-0.4, -0.2) is 29.6 Å². The normalized spacial score (nSPS) is 17.1. The molecule has 6 nitrogen and oxygen atoms in total. The Labute approximate surface area is 97.5 Å². The van der Waals surface area contributed by atoms with Gasteiger partial charge in [0.1, 0.15) is 6.04 Å². The maximum absolute atomic E-state index is 11.6. The zero-order valence-corrected chi connectivity index (χ0v) is 8.97. The molecule has 0 aliphatic carbocycles. The van der Waals surface area contributed by atoms with Crippen LogP contribution in [0.25, 0.3) is 0 Å². The number of carbonyl (C=O) groups excluding carboxylic acids is 1. The van der Waals surface area contributed by atoms with Crippen LogP contribution in [0.1, 0.15) is 5.56 Å². The molecule has 1 unspecified atom stereocenters. The molecule has 1 heterocycles. The molecule has 0 spiro atoms. The summed E-state index contributed by atoms with van der Waals surface area (Å²) < 4.78 is 0. The molecule has 1 aromatic rings. The number of nitrogens with one attached hydrogen (secondary N) is 2. The van der Waals surface area contributed by atoms with Gasteiger partial charge in [-0.25, -0.2) is 10.3 Å². The first-order valence-electron chi connectivity index (χ1n) is 5.14. The monoisotopic (exact) mass is 236 g/mol. The number of carboxylic acid groups (broad SMARTS) is 1. The number of para-hydroxylation sites is 1. The van der Waals surface area contributed by atoms with E-state index in [0.29, 0.717) is 6.42 Å². The first-order chi connectivity index (χ1) is 8.16. The van der Waals surface area contributed by atoms with Gasteiger partial charge in [0.15, 0.2) is 6.61 Å². The van der Waals surface area contributed by atoms with E-state index in [9.17, 15) is 9.59 Å². The van der Waals surface area contributed by atoms with E-state index in [2.05, 4.69) is 15.6 Å². The molecule has 1 aliphatic rings. The molecule has 0 bridgehead atoms. The van der Waals surface area contributed by atoms with Gasteiger partial charge >= 0.3 is 5.97 Å². The molecule has 0 aromatic heterocycles. The lowest BCUT2D eigenvalue weighted by molar-refractivity contribution is -0.149. The number of anilines is 1.